The van der Waals surface area contributed by atoms with Crippen LogP contribution in [0.5, 0.6) is 0 Å². The molecule has 3 aromatic rings. The van der Waals surface area contributed by atoms with Gasteiger partial charge in [0.25, 0.3) is 0 Å². The zero-order valence-electron chi connectivity index (χ0n) is 11.8. The number of aromatic nitrogens is 2. The molecule has 5 heteroatoms. The highest BCUT2D eigenvalue weighted by molar-refractivity contribution is 9.10. The van der Waals surface area contributed by atoms with E-state index in [0.29, 0.717) is 5.69 Å². The molecule has 0 aliphatic carbocycles. The number of rotatable bonds is 2. The number of nitrogen functional groups attached to an aromatic ring is 1. The number of halogens is 2. The fourth-order valence-corrected chi connectivity index (χ4v) is 2.87. The molecule has 0 fully saturated rings. The van der Waals surface area contributed by atoms with Crippen LogP contribution in [0, 0.1) is 5.82 Å². The number of imidazole rings is 1. The van der Waals surface area contributed by atoms with Crippen molar-refractivity contribution in [3.63, 3.8) is 0 Å². The first-order chi connectivity index (χ1) is 9.97. The van der Waals surface area contributed by atoms with Gasteiger partial charge in [0.1, 0.15) is 11.6 Å². The van der Waals surface area contributed by atoms with Gasteiger partial charge in [0.05, 0.1) is 11.0 Å². The van der Waals surface area contributed by atoms with Crippen LogP contribution in [-0.4, -0.2) is 9.55 Å². The summed E-state index contributed by atoms with van der Waals surface area (Å²) in [4.78, 5) is 4.69. The van der Waals surface area contributed by atoms with Crippen molar-refractivity contribution in [2.75, 3.05) is 5.73 Å². The van der Waals surface area contributed by atoms with Crippen LogP contribution in [0.15, 0.2) is 40.9 Å². The summed E-state index contributed by atoms with van der Waals surface area (Å²) >= 11 is 3.46. The Morgan fingerprint density at radius 1 is 1.19 bits per heavy atom. The molecule has 3 rings (SSSR count). The van der Waals surface area contributed by atoms with Gasteiger partial charge in [-0.3, -0.25) is 0 Å². The molecule has 0 bridgehead atoms. The maximum absolute atomic E-state index is 13.3. The quantitative estimate of drug-likeness (QED) is 0.678. The molecule has 2 aromatic carbocycles. The maximum atomic E-state index is 13.3. The predicted molar refractivity (Wildman–Crippen MR) is 87.6 cm³/mol. The van der Waals surface area contributed by atoms with Crippen LogP contribution in [0.3, 0.4) is 0 Å². The molecule has 21 heavy (non-hydrogen) atoms. The van der Waals surface area contributed by atoms with E-state index in [0.717, 1.165) is 26.9 Å². The molecule has 1 heterocycles. The third kappa shape index (κ3) is 2.42. The zero-order valence-corrected chi connectivity index (χ0v) is 13.4. The molecule has 0 spiro atoms. The van der Waals surface area contributed by atoms with Gasteiger partial charge < -0.3 is 10.3 Å². The standard InChI is InChI=1S/C16H15BrFN3/c1-9(2)21-15-6-3-10(17)7-14(15)20-16(21)12-5-4-11(18)8-13(12)19/h3-9H,19H2,1-2H3. The Hall–Kier alpha value is -1.88. The van der Waals surface area contributed by atoms with Crippen LogP contribution in [0.1, 0.15) is 19.9 Å². The van der Waals surface area contributed by atoms with Gasteiger partial charge >= 0.3 is 0 Å². The van der Waals surface area contributed by atoms with Crippen molar-refractivity contribution in [3.05, 3.63) is 46.7 Å². The monoisotopic (exact) mass is 347 g/mol. The normalized spacial score (nSPS) is 11.5. The molecular weight excluding hydrogens is 333 g/mol. The lowest BCUT2D eigenvalue weighted by molar-refractivity contribution is 0.622. The number of hydrogen-bond donors (Lipinski definition) is 1. The highest BCUT2D eigenvalue weighted by Gasteiger charge is 2.17. The number of nitrogens with zero attached hydrogens (tertiary/aromatic N) is 2. The van der Waals surface area contributed by atoms with Gasteiger partial charge in [-0.1, -0.05) is 15.9 Å². The Bertz CT molecular complexity index is 824. The molecule has 0 aliphatic heterocycles. The maximum Gasteiger partial charge on any atom is 0.143 e. The fraction of sp³-hybridized carbons (Fsp3) is 0.188. The molecule has 0 radical (unpaired) electrons. The van der Waals surface area contributed by atoms with Crippen molar-refractivity contribution < 1.29 is 4.39 Å². The smallest absolute Gasteiger partial charge is 0.143 e. The van der Waals surface area contributed by atoms with Crippen molar-refractivity contribution in [2.45, 2.75) is 19.9 Å². The van der Waals surface area contributed by atoms with E-state index in [-0.39, 0.29) is 11.9 Å². The topological polar surface area (TPSA) is 43.8 Å². The first kappa shape index (κ1) is 14.1. The molecule has 2 N–H and O–H groups in total. The minimum atomic E-state index is -0.341. The minimum Gasteiger partial charge on any atom is -0.398 e. The summed E-state index contributed by atoms with van der Waals surface area (Å²) in [6, 6.07) is 10.6. The predicted octanol–water partition coefficient (Wildman–Crippen LogP) is 4.77. The molecule has 0 atom stereocenters. The molecule has 3 nitrogen and oxygen atoms in total. The second-order valence-corrected chi connectivity index (χ2v) is 6.18. The Morgan fingerprint density at radius 2 is 1.95 bits per heavy atom. The molecule has 0 saturated heterocycles. The highest BCUT2D eigenvalue weighted by atomic mass is 79.9. The summed E-state index contributed by atoms with van der Waals surface area (Å²) in [5.74, 6) is 0.418. The third-order valence-electron chi connectivity index (χ3n) is 3.42. The number of nitrogens with two attached hydrogens (primary N) is 1. The number of benzene rings is 2. The van der Waals surface area contributed by atoms with E-state index in [9.17, 15) is 4.39 Å². The minimum absolute atomic E-state index is 0.218. The van der Waals surface area contributed by atoms with E-state index in [4.69, 9.17) is 5.73 Å². The Kier molecular flexibility index (Phi) is 3.45. The Morgan fingerprint density at radius 3 is 2.62 bits per heavy atom. The first-order valence-electron chi connectivity index (χ1n) is 6.70. The average molecular weight is 348 g/mol. The van der Waals surface area contributed by atoms with Crippen molar-refractivity contribution in [2.24, 2.45) is 0 Å². The van der Waals surface area contributed by atoms with E-state index in [1.165, 1.54) is 12.1 Å². The van der Waals surface area contributed by atoms with E-state index < -0.39 is 0 Å². The van der Waals surface area contributed by atoms with Crippen LogP contribution >= 0.6 is 15.9 Å². The number of fused-ring (bicyclic) bond motifs is 1. The second-order valence-electron chi connectivity index (χ2n) is 5.26. The number of hydrogen-bond acceptors (Lipinski definition) is 2. The van der Waals surface area contributed by atoms with Crippen molar-refractivity contribution >= 4 is 32.7 Å². The van der Waals surface area contributed by atoms with Crippen molar-refractivity contribution in [1.82, 2.24) is 9.55 Å². The third-order valence-corrected chi connectivity index (χ3v) is 3.92. The lowest BCUT2D eigenvalue weighted by atomic mass is 10.1. The summed E-state index contributed by atoms with van der Waals surface area (Å²) in [7, 11) is 0. The Balaban J connectivity index is 2.33. The van der Waals surface area contributed by atoms with E-state index >= 15 is 0 Å². The van der Waals surface area contributed by atoms with Gasteiger partial charge in [-0.2, -0.15) is 0 Å². The fourth-order valence-electron chi connectivity index (χ4n) is 2.52. The van der Waals surface area contributed by atoms with Crippen LogP contribution in [0.2, 0.25) is 0 Å². The molecule has 1 aromatic heterocycles. The summed E-state index contributed by atoms with van der Waals surface area (Å²) in [5.41, 5.74) is 9.03. The van der Waals surface area contributed by atoms with Crippen LogP contribution in [-0.2, 0) is 0 Å². The summed E-state index contributed by atoms with van der Waals surface area (Å²) < 4.78 is 16.4. The molecule has 0 aliphatic rings. The van der Waals surface area contributed by atoms with Gasteiger partial charge in [-0.15, -0.1) is 0 Å². The van der Waals surface area contributed by atoms with Crippen LogP contribution in [0.25, 0.3) is 22.4 Å². The van der Waals surface area contributed by atoms with Gasteiger partial charge in [0, 0.05) is 21.8 Å². The second kappa shape index (κ2) is 5.15. The molecule has 0 amide bonds. The zero-order chi connectivity index (χ0) is 15.1. The highest BCUT2D eigenvalue weighted by Crippen LogP contribution is 2.32. The van der Waals surface area contributed by atoms with Crippen LogP contribution in [0.4, 0.5) is 10.1 Å². The van der Waals surface area contributed by atoms with Gasteiger partial charge in [-0.05, 0) is 50.2 Å². The van der Waals surface area contributed by atoms with Crippen molar-refractivity contribution in [1.29, 1.82) is 0 Å². The first-order valence-corrected chi connectivity index (χ1v) is 7.49. The van der Waals surface area contributed by atoms with Crippen molar-refractivity contribution in [3.8, 4) is 11.4 Å². The molecular formula is C16H15BrFN3. The SMILES string of the molecule is CC(C)n1c(-c2ccc(F)cc2N)nc2cc(Br)ccc21. The number of anilines is 1. The van der Waals surface area contributed by atoms with Gasteiger partial charge in [0.15, 0.2) is 0 Å². The summed E-state index contributed by atoms with van der Waals surface area (Å²) in [5, 5.41) is 0. The average Bonchev–Trinajstić information content (AvgIpc) is 2.76. The summed E-state index contributed by atoms with van der Waals surface area (Å²) in [6.45, 7) is 4.18. The van der Waals surface area contributed by atoms with Gasteiger partial charge in [-0.25, -0.2) is 9.37 Å². The molecule has 0 unspecified atom stereocenters. The summed E-state index contributed by atoms with van der Waals surface area (Å²) in [6.07, 6.45) is 0. The Labute approximate surface area is 130 Å². The molecule has 0 saturated carbocycles. The van der Waals surface area contributed by atoms with Crippen LogP contribution < -0.4 is 5.73 Å². The lowest BCUT2D eigenvalue weighted by Crippen LogP contribution is -2.04. The van der Waals surface area contributed by atoms with E-state index in [1.807, 2.05) is 18.2 Å². The van der Waals surface area contributed by atoms with E-state index in [1.54, 1.807) is 6.07 Å². The molecule has 108 valence electrons. The lowest BCUT2D eigenvalue weighted by Gasteiger charge is -2.14. The largest absolute Gasteiger partial charge is 0.398 e. The van der Waals surface area contributed by atoms with E-state index in [2.05, 4.69) is 39.3 Å². The van der Waals surface area contributed by atoms with Gasteiger partial charge in [0.2, 0.25) is 0 Å².